The van der Waals surface area contributed by atoms with Crippen LogP contribution in [0.15, 0.2) is 11.3 Å². The summed E-state index contributed by atoms with van der Waals surface area (Å²) in [5.41, 5.74) is -0.287. The Hall–Kier alpha value is -0.385. The van der Waals surface area contributed by atoms with Gasteiger partial charge in [-0.15, -0.1) is 0 Å². The minimum atomic E-state index is -0.834. The Kier molecular flexibility index (Phi) is 3.08. The average Bonchev–Trinajstić information content (AvgIpc) is 2.89. The molecule has 1 saturated carbocycles. The van der Waals surface area contributed by atoms with Crippen molar-refractivity contribution in [3.05, 3.63) is 11.3 Å². The first-order chi connectivity index (χ1) is 8.80. The van der Waals surface area contributed by atoms with E-state index in [2.05, 4.69) is 0 Å². The molecular formula is C14H22BFO3. The molecule has 2 aliphatic heterocycles. The lowest BCUT2D eigenvalue weighted by Gasteiger charge is -2.32. The maximum Gasteiger partial charge on any atom is 0.525 e. The summed E-state index contributed by atoms with van der Waals surface area (Å²) < 4.78 is 31.6. The number of hydrogen-bond acceptors (Lipinski definition) is 3. The summed E-state index contributed by atoms with van der Waals surface area (Å²) in [4.78, 5) is 0. The van der Waals surface area contributed by atoms with Crippen LogP contribution in [-0.4, -0.2) is 31.5 Å². The van der Waals surface area contributed by atoms with E-state index in [-0.39, 0.29) is 5.73 Å². The third kappa shape index (κ3) is 2.16. The smallest absolute Gasteiger partial charge is 0.398 e. The number of halogens is 1. The molecule has 5 heteroatoms. The standard InChI is InChI=1S/C14H22BFO3/c1-13(2)14(3,4)19-15(18-13)12(16)9-5-10-7-17-8-11(10)6-9/h10-11H,5-8H2,1-4H3. The van der Waals surface area contributed by atoms with Crippen molar-refractivity contribution in [1.82, 2.24) is 0 Å². The van der Waals surface area contributed by atoms with Crippen molar-refractivity contribution in [2.24, 2.45) is 11.8 Å². The fourth-order valence-corrected chi connectivity index (χ4v) is 3.12. The molecule has 0 amide bonds. The Labute approximate surface area is 114 Å². The van der Waals surface area contributed by atoms with Crippen molar-refractivity contribution < 1.29 is 18.4 Å². The molecule has 0 N–H and O–H groups in total. The molecule has 0 aromatic heterocycles. The molecule has 0 bridgehead atoms. The summed E-state index contributed by atoms with van der Waals surface area (Å²) in [6.45, 7) is 9.32. The SMILES string of the molecule is CC1(C)OB(C(F)=C2CC3COCC3C2)OC1(C)C. The van der Waals surface area contributed by atoms with Crippen molar-refractivity contribution in [1.29, 1.82) is 0 Å². The third-order valence-corrected chi connectivity index (χ3v) is 5.15. The lowest BCUT2D eigenvalue weighted by molar-refractivity contribution is 0.00578. The minimum Gasteiger partial charge on any atom is -0.398 e. The van der Waals surface area contributed by atoms with E-state index in [9.17, 15) is 4.39 Å². The summed E-state index contributed by atoms with van der Waals surface area (Å²) in [7, 11) is -0.834. The molecule has 2 saturated heterocycles. The Morgan fingerprint density at radius 2 is 1.53 bits per heavy atom. The van der Waals surface area contributed by atoms with Crippen LogP contribution >= 0.6 is 0 Å². The molecule has 0 aromatic carbocycles. The van der Waals surface area contributed by atoms with Crippen molar-refractivity contribution in [3.63, 3.8) is 0 Å². The summed E-state index contributed by atoms with van der Waals surface area (Å²) in [5, 5.41) is 0. The maximum absolute atomic E-state index is 14.6. The lowest BCUT2D eigenvalue weighted by atomic mass is 9.84. The monoisotopic (exact) mass is 268 g/mol. The fraction of sp³-hybridized carbons (Fsp3) is 0.857. The van der Waals surface area contributed by atoms with Crippen molar-refractivity contribution in [2.45, 2.75) is 51.7 Å². The number of hydrogen-bond donors (Lipinski definition) is 0. The van der Waals surface area contributed by atoms with Gasteiger partial charge in [-0.05, 0) is 57.9 Å². The maximum atomic E-state index is 14.6. The van der Waals surface area contributed by atoms with Crippen molar-refractivity contribution in [3.8, 4) is 0 Å². The van der Waals surface area contributed by atoms with Gasteiger partial charge in [-0.2, -0.15) is 0 Å². The van der Waals surface area contributed by atoms with E-state index in [1.807, 2.05) is 27.7 Å². The number of fused-ring (bicyclic) bond motifs is 1. The highest BCUT2D eigenvalue weighted by atomic mass is 19.1. The first kappa shape index (κ1) is 13.6. The molecule has 3 rings (SSSR count). The van der Waals surface area contributed by atoms with Gasteiger partial charge < -0.3 is 14.0 Å². The number of rotatable bonds is 1. The average molecular weight is 268 g/mol. The van der Waals surface area contributed by atoms with Crippen LogP contribution in [0.4, 0.5) is 4.39 Å². The zero-order valence-electron chi connectivity index (χ0n) is 12.2. The summed E-state index contributed by atoms with van der Waals surface area (Å²) in [6, 6.07) is 0. The van der Waals surface area contributed by atoms with Crippen LogP contribution in [0.2, 0.25) is 0 Å². The van der Waals surface area contributed by atoms with E-state index in [0.29, 0.717) is 11.8 Å². The molecule has 1 aliphatic carbocycles. The van der Waals surface area contributed by atoms with Gasteiger partial charge >= 0.3 is 7.12 Å². The van der Waals surface area contributed by atoms with Gasteiger partial charge in [0.25, 0.3) is 0 Å². The largest absolute Gasteiger partial charge is 0.525 e. The zero-order chi connectivity index (χ0) is 13.8. The highest BCUT2D eigenvalue weighted by Crippen LogP contribution is 2.45. The van der Waals surface area contributed by atoms with Gasteiger partial charge in [-0.25, -0.2) is 4.39 Å². The zero-order valence-corrected chi connectivity index (χ0v) is 12.2. The molecule has 3 aliphatic rings. The van der Waals surface area contributed by atoms with Gasteiger partial charge in [0.05, 0.1) is 24.4 Å². The van der Waals surface area contributed by atoms with E-state index in [1.165, 1.54) is 0 Å². The third-order valence-electron chi connectivity index (χ3n) is 5.15. The molecule has 106 valence electrons. The Morgan fingerprint density at radius 1 is 1.05 bits per heavy atom. The molecule has 3 nitrogen and oxygen atoms in total. The van der Waals surface area contributed by atoms with Gasteiger partial charge in [0.2, 0.25) is 0 Å². The topological polar surface area (TPSA) is 27.7 Å². The second-order valence-electron chi connectivity index (χ2n) is 7.01. The van der Waals surface area contributed by atoms with Gasteiger partial charge in [-0.1, -0.05) is 0 Å². The summed E-state index contributed by atoms with van der Waals surface area (Å²) in [6.07, 6.45) is 1.58. The molecule has 0 spiro atoms. The Balaban J connectivity index is 1.77. The second-order valence-corrected chi connectivity index (χ2v) is 7.01. The van der Waals surface area contributed by atoms with E-state index in [1.54, 1.807) is 0 Å². The molecule has 19 heavy (non-hydrogen) atoms. The normalized spacial score (nSPS) is 35.8. The Bertz CT molecular complexity index is 389. The number of allylic oxidation sites excluding steroid dienone is 1. The summed E-state index contributed by atoms with van der Waals surface area (Å²) in [5.74, 6) is 0.978. The quantitative estimate of drug-likeness (QED) is 0.684. The van der Waals surface area contributed by atoms with E-state index >= 15 is 0 Å². The van der Waals surface area contributed by atoms with Crippen LogP contribution in [-0.2, 0) is 14.0 Å². The van der Waals surface area contributed by atoms with Gasteiger partial charge in [0, 0.05) is 0 Å². The predicted molar refractivity (Wildman–Crippen MR) is 71.2 cm³/mol. The molecule has 2 atom stereocenters. The summed E-state index contributed by atoms with van der Waals surface area (Å²) >= 11 is 0. The van der Waals surface area contributed by atoms with Gasteiger partial charge in [0.1, 0.15) is 5.73 Å². The first-order valence-electron chi connectivity index (χ1n) is 7.11. The Morgan fingerprint density at radius 3 is 2.00 bits per heavy atom. The highest BCUT2D eigenvalue weighted by Gasteiger charge is 2.54. The van der Waals surface area contributed by atoms with E-state index < -0.39 is 18.3 Å². The molecule has 2 heterocycles. The fourth-order valence-electron chi connectivity index (χ4n) is 3.12. The minimum absolute atomic E-state index is 0.201. The molecule has 0 radical (unpaired) electrons. The van der Waals surface area contributed by atoms with Crippen molar-refractivity contribution in [2.75, 3.05) is 13.2 Å². The molecule has 3 fully saturated rings. The predicted octanol–water partition coefficient (Wildman–Crippen LogP) is 2.90. The lowest BCUT2D eigenvalue weighted by Crippen LogP contribution is -2.41. The van der Waals surface area contributed by atoms with Crippen LogP contribution in [0, 0.1) is 11.8 Å². The van der Waals surface area contributed by atoms with Crippen LogP contribution < -0.4 is 0 Å². The molecule has 0 aromatic rings. The van der Waals surface area contributed by atoms with E-state index in [0.717, 1.165) is 31.6 Å². The van der Waals surface area contributed by atoms with E-state index in [4.69, 9.17) is 14.0 Å². The van der Waals surface area contributed by atoms with Crippen LogP contribution in [0.3, 0.4) is 0 Å². The highest BCUT2D eigenvalue weighted by molar-refractivity contribution is 6.53. The molecular weight excluding hydrogens is 246 g/mol. The van der Waals surface area contributed by atoms with Gasteiger partial charge in [-0.3, -0.25) is 0 Å². The second kappa shape index (κ2) is 4.30. The van der Waals surface area contributed by atoms with Gasteiger partial charge in [0.15, 0.2) is 0 Å². The van der Waals surface area contributed by atoms with Crippen LogP contribution in [0.25, 0.3) is 0 Å². The van der Waals surface area contributed by atoms with Crippen LogP contribution in [0.5, 0.6) is 0 Å². The first-order valence-corrected chi connectivity index (χ1v) is 7.11. The number of ether oxygens (including phenoxy) is 1. The van der Waals surface area contributed by atoms with Crippen molar-refractivity contribution >= 4 is 7.12 Å². The molecule has 2 unspecified atom stereocenters. The van der Waals surface area contributed by atoms with Crippen LogP contribution in [0.1, 0.15) is 40.5 Å².